The normalized spacial score (nSPS) is 15.5. The van der Waals surface area contributed by atoms with E-state index in [-0.39, 0.29) is 18.9 Å². The Morgan fingerprint density at radius 3 is 1.98 bits per heavy atom. The summed E-state index contributed by atoms with van der Waals surface area (Å²) in [4.78, 5) is 54.1. The lowest BCUT2D eigenvalue weighted by Gasteiger charge is -2.26. The van der Waals surface area contributed by atoms with Gasteiger partial charge in [0.15, 0.2) is 0 Å². The minimum atomic E-state index is -1.17. The molecule has 246 valence electrons. The highest BCUT2D eigenvalue weighted by atomic mass is 16.5. The van der Waals surface area contributed by atoms with Crippen LogP contribution in [0.5, 0.6) is 0 Å². The average molecular weight is 625 g/mol. The Hall–Kier alpha value is -3.80. The summed E-state index contributed by atoms with van der Waals surface area (Å²) in [7, 11) is 0. The molecule has 0 saturated carbocycles. The minimum absolute atomic E-state index is 0.105. The molecule has 1 saturated heterocycles. The van der Waals surface area contributed by atoms with Gasteiger partial charge in [0.25, 0.3) is 0 Å². The van der Waals surface area contributed by atoms with Crippen LogP contribution in [0.25, 0.3) is 0 Å². The third kappa shape index (κ3) is 13.8. The van der Waals surface area contributed by atoms with Crippen LogP contribution in [0, 0.1) is 5.92 Å². The zero-order valence-electron chi connectivity index (χ0n) is 26.4. The number of nitrogens with zero attached hydrogens (tertiary/aromatic N) is 1. The summed E-state index contributed by atoms with van der Waals surface area (Å²) in [6.07, 6.45) is 1.88. The zero-order chi connectivity index (χ0) is 32.4. The van der Waals surface area contributed by atoms with E-state index >= 15 is 0 Å². The molecule has 0 aromatic heterocycles. The van der Waals surface area contributed by atoms with Gasteiger partial charge in [-0.25, -0.2) is 4.79 Å². The molecule has 1 aliphatic heterocycles. The van der Waals surface area contributed by atoms with Crippen LogP contribution in [0.2, 0.25) is 0 Å². The first-order valence-electron chi connectivity index (χ1n) is 15.8. The van der Waals surface area contributed by atoms with Crippen molar-refractivity contribution in [2.24, 2.45) is 5.92 Å². The van der Waals surface area contributed by atoms with Gasteiger partial charge in [0, 0.05) is 26.1 Å². The second-order valence-corrected chi connectivity index (χ2v) is 11.8. The molecule has 2 aromatic rings. The molecule has 3 atom stereocenters. The number of nitrogens with one attached hydrogen (secondary N) is 3. The molecular weight excluding hydrogens is 576 g/mol. The fourth-order valence-corrected chi connectivity index (χ4v) is 5.01. The number of aryl methyl sites for hydroxylation is 1. The molecule has 0 unspecified atom stereocenters. The van der Waals surface area contributed by atoms with Crippen molar-refractivity contribution < 1.29 is 33.8 Å². The van der Waals surface area contributed by atoms with Gasteiger partial charge in [-0.1, -0.05) is 74.5 Å². The quantitative estimate of drug-likeness (QED) is 0.174. The van der Waals surface area contributed by atoms with Gasteiger partial charge in [0.1, 0.15) is 24.7 Å². The molecule has 3 rings (SSSR count). The number of hydrogen-bond acceptors (Lipinski definition) is 7. The topological polar surface area (TPSA) is 146 Å². The third-order valence-electron chi connectivity index (χ3n) is 7.67. The first kappa shape index (κ1) is 35.7. The van der Waals surface area contributed by atoms with E-state index in [9.17, 15) is 24.3 Å². The van der Waals surface area contributed by atoms with Crippen molar-refractivity contribution in [2.75, 3.05) is 46.1 Å². The number of amides is 3. The molecule has 45 heavy (non-hydrogen) atoms. The van der Waals surface area contributed by atoms with E-state index in [1.54, 1.807) is 24.3 Å². The van der Waals surface area contributed by atoms with E-state index < -0.39 is 41.8 Å². The molecule has 0 radical (unpaired) electrons. The van der Waals surface area contributed by atoms with Gasteiger partial charge in [-0.2, -0.15) is 0 Å². The molecule has 11 nitrogen and oxygen atoms in total. The Bertz CT molecular complexity index is 1190. The Balaban J connectivity index is 1.65. The molecular formula is C34H48N4O7. The molecule has 0 spiro atoms. The summed E-state index contributed by atoms with van der Waals surface area (Å²) in [6, 6.07) is 15.6. The van der Waals surface area contributed by atoms with E-state index in [1.165, 1.54) is 0 Å². The first-order valence-corrected chi connectivity index (χ1v) is 15.8. The first-order chi connectivity index (χ1) is 21.7. The monoisotopic (exact) mass is 624 g/mol. The lowest BCUT2D eigenvalue weighted by molar-refractivity contribution is -0.142. The van der Waals surface area contributed by atoms with Gasteiger partial charge < -0.3 is 30.5 Å². The van der Waals surface area contributed by atoms with Crippen molar-refractivity contribution in [3.8, 4) is 0 Å². The molecule has 0 bridgehead atoms. The largest absolute Gasteiger partial charge is 0.480 e. The maximum atomic E-state index is 13.6. The molecule has 4 N–H and O–H groups in total. The number of carboxylic acids is 1. The summed E-state index contributed by atoms with van der Waals surface area (Å²) < 4.78 is 10.9. The summed E-state index contributed by atoms with van der Waals surface area (Å²) in [5, 5.41) is 18.0. The van der Waals surface area contributed by atoms with Gasteiger partial charge in [0.2, 0.25) is 17.7 Å². The van der Waals surface area contributed by atoms with Crippen molar-refractivity contribution in [3.05, 3.63) is 71.8 Å². The number of aliphatic carboxylic acids is 1. The number of morpholine rings is 1. The SMILES string of the molecule is CC(C)CC[C@H](NC(=O)[C@H](CCc1ccccc1)NC(=O)COCCN1CCOCC1)C(=O)N[C@@H](Cc1ccccc1)C(=O)O. The predicted molar refractivity (Wildman–Crippen MR) is 170 cm³/mol. The van der Waals surface area contributed by atoms with Gasteiger partial charge in [-0.15, -0.1) is 0 Å². The van der Waals surface area contributed by atoms with Crippen LogP contribution in [0.1, 0.15) is 44.2 Å². The van der Waals surface area contributed by atoms with Gasteiger partial charge in [-0.05, 0) is 42.7 Å². The van der Waals surface area contributed by atoms with E-state index in [4.69, 9.17) is 9.47 Å². The lowest BCUT2D eigenvalue weighted by atomic mass is 10.00. The highest BCUT2D eigenvalue weighted by molar-refractivity contribution is 5.93. The van der Waals surface area contributed by atoms with Crippen LogP contribution in [-0.4, -0.2) is 97.9 Å². The summed E-state index contributed by atoms with van der Waals surface area (Å²) in [5.41, 5.74) is 1.77. The number of carboxylic acid groups (broad SMARTS) is 1. The van der Waals surface area contributed by atoms with Crippen LogP contribution < -0.4 is 16.0 Å². The zero-order valence-corrected chi connectivity index (χ0v) is 26.4. The molecule has 0 aliphatic carbocycles. The molecule has 3 amide bonds. The maximum Gasteiger partial charge on any atom is 0.326 e. The van der Waals surface area contributed by atoms with Crippen LogP contribution in [0.15, 0.2) is 60.7 Å². The van der Waals surface area contributed by atoms with E-state index in [0.717, 1.165) is 24.2 Å². The fraction of sp³-hybridized carbons (Fsp3) is 0.529. The van der Waals surface area contributed by atoms with Crippen molar-refractivity contribution in [3.63, 3.8) is 0 Å². The Morgan fingerprint density at radius 1 is 0.800 bits per heavy atom. The fourth-order valence-electron chi connectivity index (χ4n) is 5.01. The highest BCUT2D eigenvalue weighted by Gasteiger charge is 2.30. The van der Waals surface area contributed by atoms with Crippen LogP contribution in [-0.2, 0) is 41.5 Å². The van der Waals surface area contributed by atoms with Gasteiger partial charge in [0.05, 0.1) is 19.8 Å². The molecule has 1 heterocycles. The Morgan fingerprint density at radius 2 is 1.38 bits per heavy atom. The predicted octanol–water partition coefficient (Wildman–Crippen LogP) is 2.19. The minimum Gasteiger partial charge on any atom is -0.480 e. The van der Waals surface area contributed by atoms with Crippen LogP contribution >= 0.6 is 0 Å². The number of hydrogen-bond donors (Lipinski definition) is 4. The van der Waals surface area contributed by atoms with E-state index in [2.05, 4.69) is 20.9 Å². The Labute approximate surface area is 266 Å². The smallest absolute Gasteiger partial charge is 0.326 e. The van der Waals surface area contributed by atoms with Crippen molar-refractivity contribution in [1.82, 2.24) is 20.9 Å². The number of carbonyl (C=O) groups is 4. The standard InChI is InChI=1S/C34H48N4O7/c1-25(2)13-15-29(33(41)37-30(34(42)43)23-27-11-7-4-8-12-27)36-32(40)28(16-14-26-9-5-3-6-10-26)35-31(39)24-45-22-19-38-17-20-44-21-18-38/h3-12,25,28-30H,13-24H2,1-2H3,(H,35,39)(H,36,40)(H,37,41)(H,42,43)/t28-,29-,30-/m0/s1. The Kier molecular flexibility index (Phi) is 15.5. The van der Waals surface area contributed by atoms with Gasteiger partial charge in [-0.3, -0.25) is 19.3 Å². The number of rotatable bonds is 19. The van der Waals surface area contributed by atoms with Crippen molar-refractivity contribution in [1.29, 1.82) is 0 Å². The van der Waals surface area contributed by atoms with E-state index in [0.29, 0.717) is 52.0 Å². The highest BCUT2D eigenvalue weighted by Crippen LogP contribution is 2.11. The average Bonchev–Trinajstić information content (AvgIpc) is 3.04. The second-order valence-electron chi connectivity index (χ2n) is 11.8. The number of benzene rings is 2. The third-order valence-corrected chi connectivity index (χ3v) is 7.67. The van der Waals surface area contributed by atoms with E-state index in [1.807, 2.05) is 50.2 Å². The van der Waals surface area contributed by atoms with Crippen LogP contribution in [0.3, 0.4) is 0 Å². The summed E-state index contributed by atoms with van der Waals surface area (Å²) >= 11 is 0. The maximum absolute atomic E-state index is 13.6. The second kappa shape index (κ2) is 19.6. The van der Waals surface area contributed by atoms with Gasteiger partial charge >= 0.3 is 5.97 Å². The summed E-state index contributed by atoms with van der Waals surface area (Å²) in [5.74, 6) is -2.43. The molecule has 1 fully saturated rings. The number of carbonyl (C=O) groups excluding carboxylic acids is 3. The molecule has 1 aliphatic rings. The molecule has 2 aromatic carbocycles. The molecule has 11 heteroatoms. The van der Waals surface area contributed by atoms with Crippen molar-refractivity contribution in [2.45, 2.75) is 64.1 Å². The van der Waals surface area contributed by atoms with Crippen molar-refractivity contribution >= 4 is 23.7 Å². The summed E-state index contributed by atoms with van der Waals surface area (Å²) in [6.45, 7) is 7.88. The lowest BCUT2D eigenvalue weighted by Crippen LogP contribution is -2.56. The number of ether oxygens (including phenoxy) is 2. The van der Waals surface area contributed by atoms with Crippen LogP contribution in [0.4, 0.5) is 0 Å².